The predicted octanol–water partition coefficient (Wildman–Crippen LogP) is 2.54. The number of hydrogen-bond donors (Lipinski definition) is 2. The quantitative estimate of drug-likeness (QED) is 0.778. The van der Waals surface area contributed by atoms with Crippen molar-refractivity contribution in [3.8, 4) is 5.75 Å². The third-order valence-electron chi connectivity index (χ3n) is 4.44. The number of carbonyl (C=O) groups is 2. The Labute approximate surface area is 155 Å². The van der Waals surface area contributed by atoms with Gasteiger partial charge in [0.05, 0.1) is 19.4 Å². The van der Waals surface area contributed by atoms with Gasteiger partial charge in [0.2, 0.25) is 5.91 Å². The molecule has 1 aliphatic rings. The molecule has 7 nitrogen and oxygen atoms in total. The van der Waals surface area contributed by atoms with Crippen LogP contribution in [0, 0.1) is 6.92 Å². The summed E-state index contributed by atoms with van der Waals surface area (Å²) in [5.74, 6) is 0.605. The molecule has 0 atom stereocenters. The fraction of sp³-hybridized carbons (Fsp3) is 0.579. The first kappa shape index (κ1) is 20.0. The van der Waals surface area contributed by atoms with Gasteiger partial charge in [0.25, 0.3) is 0 Å². The second-order valence-corrected chi connectivity index (χ2v) is 6.42. The molecule has 1 aliphatic heterocycles. The fourth-order valence-electron chi connectivity index (χ4n) is 3.00. The number of carbonyl (C=O) groups excluding carboxylic acids is 2. The summed E-state index contributed by atoms with van der Waals surface area (Å²) >= 11 is 0. The molecule has 2 amide bonds. The molecule has 2 rings (SSSR count). The summed E-state index contributed by atoms with van der Waals surface area (Å²) in [5.41, 5.74) is 1.76. The molecule has 144 valence electrons. The van der Waals surface area contributed by atoms with Crippen molar-refractivity contribution in [1.82, 2.24) is 10.2 Å². The van der Waals surface area contributed by atoms with Crippen molar-refractivity contribution < 1.29 is 19.1 Å². The number of benzene rings is 1. The SMILES string of the molecule is CCOC(=O)N1CCC(NCCC(=O)Nc2cc(C)ccc2OC)CC1. The molecule has 1 fully saturated rings. The number of methoxy groups -OCH3 is 1. The molecule has 0 saturated carbocycles. The molecule has 1 heterocycles. The van der Waals surface area contributed by atoms with E-state index < -0.39 is 0 Å². The maximum atomic E-state index is 12.2. The number of aryl methyl sites for hydroxylation is 1. The molecule has 1 saturated heterocycles. The second kappa shape index (κ2) is 10.0. The summed E-state index contributed by atoms with van der Waals surface area (Å²) in [6.45, 7) is 6.15. The molecular weight excluding hydrogens is 334 g/mol. The zero-order valence-electron chi connectivity index (χ0n) is 15.8. The topological polar surface area (TPSA) is 79.9 Å². The summed E-state index contributed by atoms with van der Waals surface area (Å²) in [7, 11) is 1.59. The lowest BCUT2D eigenvalue weighted by Crippen LogP contribution is -2.45. The number of anilines is 1. The Morgan fingerprint density at radius 1 is 1.27 bits per heavy atom. The van der Waals surface area contributed by atoms with Crippen molar-refractivity contribution in [2.24, 2.45) is 0 Å². The van der Waals surface area contributed by atoms with Gasteiger partial charge in [-0.1, -0.05) is 6.07 Å². The zero-order valence-corrected chi connectivity index (χ0v) is 15.8. The van der Waals surface area contributed by atoms with E-state index in [1.165, 1.54) is 0 Å². The van der Waals surface area contributed by atoms with Gasteiger partial charge in [-0.25, -0.2) is 4.79 Å². The first-order valence-electron chi connectivity index (χ1n) is 9.13. The number of amides is 2. The van der Waals surface area contributed by atoms with Crippen molar-refractivity contribution in [2.75, 3.05) is 38.7 Å². The predicted molar refractivity (Wildman–Crippen MR) is 101 cm³/mol. The largest absolute Gasteiger partial charge is 0.495 e. The normalized spacial score (nSPS) is 14.8. The maximum Gasteiger partial charge on any atom is 0.409 e. The van der Waals surface area contributed by atoms with Crippen molar-refractivity contribution in [3.63, 3.8) is 0 Å². The Morgan fingerprint density at radius 3 is 2.65 bits per heavy atom. The summed E-state index contributed by atoms with van der Waals surface area (Å²) in [5, 5.41) is 6.30. The van der Waals surface area contributed by atoms with E-state index >= 15 is 0 Å². The lowest BCUT2D eigenvalue weighted by atomic mass is 10.1. The Bertz CT molecular complexity index is 613. The minimum atomic E-state index is -0.238. The van der Waals surface area contributed by atoms with Crippen molar-refractivity contribution in [1.29, 1.82) is 0 Å². The number of ether oxygens (including phenoxy) is 2. The van der Waals surface area contributed by atoms with Crippen LogP contribution in [0.5, 0.6) is 5.75 Å². The van der Waals surface area contributed by atoms with Gasteiger partial charge in [-0.2, -0.15) is 0 Å². The molecule has 7 heteroatoms. The molecule has 26 heavy (non-hydrogen) atoms. The van der Waals surface area contributed by atoms with Gasteiger partial charge in [0.15, 0.2) is 0 Å². The Kier molecular flexibility index (Phi) is 7.72. The Balaban J connectivity index is 1.70. The monoisotopic (exact) mass is 363 g/mol. The van der Waals surface area contributed by atoms with Gasteiger partial charge in [-0.05, 0) is 44.4 Å². The van der Waals surface area contributed by atoms with Crippen molar-refractivity contribution in [3.05, 3.63) is 23.8 Å². The van der Waals surface area contributed by atoms with Crippen LogP contribution >= 0.6 is 0 Å². The Morgan fingerprint density at radius 2 is 2.00 bits per heavy atom. The highest BCUT2D eigenvalue weighted by Gasteiger charge is 2.23. The second-order valence-electron chi connectivity index (χ2n) is 6.42. The molecule has 0 bridgehead atoms. The lowest BCUT2D eigenvalue weighted by Gasteiger charge is -2.31. The lowest BCUT2D eigenvalue weighted by molar-refractivity contribution is -0.116. The van der Waals surface area contributed by atoms with Crippen LogP contribution in [0.4, 0.5) is 10.5 Å². The molecule has 0 unspecified atom stereocenters. The summed E-state index contributed by atoms with van der Waals surface area (Å²) in [4.78, 5) is 25.6. The van der Waals surface area contributed by atoms with Crippen LogP contribution in [0.1, 0.15) is 31.7 Å². The third kappa shape index (κ3) is 5.91. The van der Waals surface area contributed by atoms with Gasteiger partial charge in [0.1, 0.15) is 5.75 Å². The van der Waals surface area contributed by atoms with Crippen LogP contribution in [0.3, 0.4) is 0 Å². The van der Waals surface area contributed by atoms with Gasteiger partial charge >= 0.3 is 6.09 Å². The van der Waals surface area contributed by atoms with Gasteiger partial charge < -0.3 is 25.0 Å². The van der Waals surface area contributed by atoms with Crippen molar-refractivity contribution >= 4 is 17.7 Å². The van der Waals surface area contributed by atoms with Crippen LogP contribution in [-0.4, -0.2) is 56.3 Å². The fourth-order valence-corrected chi connectivity index (χ4v) is 3.00. The number of likely N-dealkylation sites (tertiary alicyclic amines) is 1. The average molecular weight is 363 g/mol. The van der Waals surface area contributed by atoms with Gasteiger partial charge in [0, 0.05) is 32.1 Å². The van der Waals surface area contributed by atoms with Gasteiger partial charge in [-0.15, -0.1) is 0 Å². The molecule has 0 aromatic heterocycles. The first-order valence-corrected chi connectivity index (χ1v) is 9.13. The average Bonchev–Trinajstić information content (AvgIpc) is 2.62. The van der Waals surface area contributed by atoms with E-state index in [1.54, 1.807) is 12.0 Å². The Hall–Kier alpha value is -2.28. The van der Waals surface area contributed by atoms with Crippen LogP contribution in [0.15, 0.2) is 18.2 Å². The highest BCUT2D eigenvalue weighted by Crippen LogP contribution is 2.25. The van der Waals surface area contributed by atoms with Crippen molar-refractivity contribution in [2.45, 2.75) is 39.2 Å². The van der Waals surface area contributed by atoms with E-state index in [9.17, 15) is 9.59 Å². The number of rotatable bonds is 7. The van der Waals surface area contributed by atoms with Crippen LogP contribution in [0.25, 0.3) is 0 Å². The van der Waals surface area contributed by atoms with Gasteiger partial charge in [-0.3, -0.25) is 4.79 Å². The van der Waals surface area contributed by atoms with E-state index in [-0.39, 0.29) is 12.0 Å². The van der Waals surface area contributed by atoms with E-state index in [2.05, 4.69) is 10.6 Å². The highest BCUT2D eigenvalue weighted by molar-refractivity contribution is 5.92. The molecule has 1 aromatic rings. The molecule has 0 aliphatic carbocycles. The minimum absolute atomic E-state index is 0.0506. The smallest absolute Gasteiger partial charge is 0.409 e. The zero-order chi connectivity index (χ0) is 18.9. The van der Waals surface area contributed by atoms with Crippen LogP contribution < -0.4 is 15.4 Å². The van der Waals surface area contributed by atoms with Crippen LogP contribution in [-0.2, 0) is 9.53 Å². The third-order valence-corrected chi connectivity index (χ3v) is 4.44. The van der Waals surface area contributed by atoms with E-state index in [1.807, 2.05) is 32.0 Å². The molecular formula is C19H29N3O4. The summed E-state index contributed by atoms with van der Waals surface area (Å²) < 4.78 is 10.3. The maximum absolute atomic E-state index is 12.2. The molecule has 1 aromatic carbocycles. The standard InChI is InChI=1S/C19H29N3O4/c1-4-26-19(24)22-11-8-15(9-12-22)20-10-7-18(23)21-16-13-14(2)5-6-17(16)25-3/h5-6,13,15,20H,4,7-12H2,1-3H3,(H,21,23). The summed E-state index contributed by atoms with van der Waals surface area (Å²) in [6.07, 6.45) is 1.88. The van der Waals surface area contributed by atoms with E-state index in [4.69, 9.17) is 9.47 Å². The van der Waals surface area contributed by atoms with E-state index in [0.717, 1.165) is 18.4 Å². The molecule has 0 spiro atoms. The number of hydrogen-bond acceptors (Lipinski definition) is 5. The van der Waals surface area contributed by atoms with E-state index in [0.29, 0.717) is 50.1 Å². The number of nitrogens with one attached hydrogen (secondary N) is 2. The first-order chi connectivity index (χ1) is 12.5. The number of nitrogens with zero attached hydrogens (tertiary/aromatic N) is 1. The minimum Gasteiger partial charge on any atom is -0.495 e. The molecule has 2 N–H and O–H groups in total. The molecule has 0 radical (unpaired) electrons. The van der Waals surface area contributed by atoms with Crippen LogP contribution in [0.2, 0.25) is 0 Å². The number of piperidine rings is 1. The highest BCUT2D eigenvalue weighted by atomic mass is 16.6. The summed E-state index contributed by atoms with van der Waals surface area (Å²) in [6, 6.07) is 6.01.